The lowest BCUT2D eigenvalue weighted by molar-refractivity contribution is 0.0360. The Hall–Kier alpha value is -1.45. The lowest BCUT2D eigenvalue weighted by Gasteiger charge is -2.45. The van der Waals surface area contributed by atoms with E-state index in [4.69, 9.17) is 0 Å². The van der Waals surface area contributed by atoms with E-state index < -0.39 is 0 Å². The highest BCUT2D eigenvalue weighted by molar-refractivity contribution is 5.93. The van der Waals surface area contributed by atoms with Crippen LogP contribution >= 0.6 is 0 Å². The first-order valence-electron chi connectivity index (χ1n) is 6.34. The fraction of sp³-hybridized carbons (Fsp3) is 0.615. The van der Waals surface area contributed by atoms with E-state index in [0.717, 1.165) is 37.9 Å². The van der Waals surface area contributed by atoms with E-state index >= 15 is 0 Å². The Balaban J connectivity index is 1.84. The zero-order valence-corrected chi connectivity index (χ0v) is 10.1. The van der Waals surface area contributed by atoms with Crippen LogP contribution in [0.3, 0.4) is 0 Å². The van der Waals surface area contributed by atoms with Gasteiger partial charge in [0.15, 0.2) is 5.69 Å². The van der Waals surface area contributed by atoms with Crippen LogP contribution < -0.4 is 0 Å². The van der Waals surface area contributed by atoms with E-state index in [0.29, 0.717) is 5.69 Å². The summed E-state index contributed by atoms with van der Waals surface area (Å²) in [4.78, 5) is 14.4. The fourth-order valence-electron chi connectivity index (χ4n) is 3.01. The van der Waals surface area contributed by atoms with E-state index in [1.54, 1.807) is 6.07 Å². The summed E-state index contributed by atoms with van der Waals surface area (Å²) in [5.74, 6) is 0.0645. The van der Waals surface area contributed by atoms with E-state index in [2.05, 4.69) is 10.2 Å². The number of aryl methyl sites for hydroxylation is 1. The van der Waals surface area contributed by atoms with Gasteiger partial charge in [0.25, 0.3) is 5.91 Å². The van der Waals surface area contributed by atoms with Gasteiger partial charge in [-0.15, -0.1) is 5.10 Å². The molecule has 0 radical (unpaired) electrons. The maximum Gasteiger partial charge on any atom is 0.274 e. The second-order valence-corrected chi connectivity index (χ2v) is 5.20. The zero-order chi connectivity index (χ0) is 11.9. The van der Waals surface area contributed by atoms with Crippen molar-refractivity contribution in [2.45, 2.75) is 44.6 Å². The minimum absolute atomic E-state index is 0.0645. The van der Waals surface area contributed by atoms with Crippen LogP contribution in [0.5, 0.6) is 0 Å². The number of nitrogens with zero attached hydrogens (tertiary/aromatic N) is 3. The van der Waals surface area contributed by atoms with Crippen molar-refractivity contribution in [2.75, 3.05) is 6.54 Å². The minimum Gasteiger partial charge on any atom is -0.332 e. The average molecular weight is 231 g/mol. The maximum absolute atomic E-state index is 12.4. The van der Waals surface area contributed by atoms with Gasteiger partial charge in [0.1, 0.15) is 0 Å². The number of carbonyl (C=O) groups is 1. The number of hydrogen-bond acceptors (Lipinski definition) is 3. The molecule has 1 amide bonds. The number of aromatic nitrogens is 2. The van der Waals surface area contributed by atoms with Crippen LogP contribution in [0.1, 0.15) is 48.3 Å². The molecule has 0 aromatic carbocycles. The predicted molar refractivity (Wildman–Crippen MR) is 63.6 cm³/mol. The number of rotatable bonds is 1. The van der Waals surface area contributed by atoms with Crippen molar-refractivity contribution >= 4 is 5.91 Å². The van der Waals surface area contributed by atoms with E-state index in [1.165, 1.54) is 6.42 Å². The highest BCUT2D eigenvalue weighted by atomic mass is 16.2. The van der Waals surface area contributed by atoms with Crippen LogP contribution in [0.4, 0.5) is 0 Å². The zero-order valence-electron chi connectivity index (χ0n) is 10.1. The summed E-state index contributed by atoms with van der Waals surface area (Å²) in [6, 6.07) is 3.64. The van der Waals surface area contributed by atoms with Crippen molar-refractivity contribution in [2.24, 2.45) is 0 Å². The summed E-state index contributed by atoms with van der Waals surface area (Å²) >= 11 is 0. The first-order chi connectivity index (χ1) is 8.21. The van der Waals surface area contributed by atoms with Crippen molar-refractivity contribution in [1.82, 2.24) is 15.1 Å². The standard InChI is InChI=1S/C13H17N3O/c1-10-4-5-11(15-14-10)12(17)16-9-3-8-13(16)6-2-7-13/h4-5H,2-3,6-9H2,1H3. The first kappa shape index (κ1) is 10.7. The normalized spacial score (nSPS) is 21.6. The van der Waals surface area contributed by atoms with Gasteiger partial charge in [0, 0.05) is 12.1 Å². The quantitative estimate of drug-likeness (QED) is 0.742. The SMILES string of the molecule is Cc1ccc(C(=O)N2CCCC23CCC3)nn1. The Kier molecular flexibility index (Phi) is 2.38. The van der Waals surface area contributed by atoms with Crippen LogP contribution in [-0.2, 0) is 0 Å². The second kappa shape index (κ2) is 3.79. The monoisotopic (exact) mass is 231 g/mol. The summed E-state index contributed by atoms with van der Waals surface area (Å²) in [6.07, 6.45) is 5.88. The fourth-order valence-corrected chi connectivity index (χ4v) is 3.01. The molecule has 0 N–H and O–H groups in total. The van der Waals surface area contributed by atoms with Gasteiger partial charge < -0.3 is 4.90 Å². The van der Waals surface area contributed by atoms with Gasteiger partial charge in [0.05, 0.1) is 5.69 Å². The van der Waals surface area contributed by atoms with Crippen molar-refractivity contribution in [3.8, 4) is 0 Å². The van der Waals surface area contributed by atoms with Crippen molar-refractivity contribution in [1.29, 1.82) is 0 Å². The number of likely N-dealkylation sites (tertiary alicyclic amines) is 1. The van der Waals surface area contributed by atoms with Crippen LogP contribution in [0.15, 0.2) is 12.1 Å². The van der Waals surface area contributed by atoms with E-state index in [-0.39, 0.29) is 11.4 Å². The molecule has 1 aliphatic heterocycles. The second-order valence-electron chi connectivity index (χ2n) is 5.20. The molecule has 17 heavy (non-hydrogen) atoms. The molecule has 0 unspecified atom stereocenters. The van der Waals surface area contributed by atoms with Gasteiger partial charge in [-0.3, -0.25) is 4.79 Å². The highest BCUT2D eigenvalue weighted by Gasteiger charge is 2.48. The van der Waals surface area contributed by atoms with Crippen molar-refractivity contribution in [3.05, 3.63) is 23.5 Å². The molecule has 1 spiro atoms. The van der Waals surface area contributed by atoms with Gasteiger partial charge in [-0.2, -0.15) is 5.10 Å². The van der Waals surface area contributed by atoms with Gasteiger partial charge in [0.2, 0.25) is 0 Å². The van der Waals surface area contributed by atoms with Gasteiger partial charge in [-0.25, -0.2) is 0 Å². The van der Waals surface area contributed by atoms with Crippen LogP contribution in [0, 0.1) is 6.92 Å². The molecular formula is C13H17N3O. The van der Waals surface area contributed by atoms with Gasteiger partial charge >= 0.3 is 0 Å². The molecule has 1 saturated heterocycles. The number of carbonyl (C=O) groups excluding carboxylic acids is 1. The topological polar surface area (TPSA) is 46.1 Å². The highest BCUT2D eigenvalue weighted by Crippen LogP contribution is 2.45. The molecule has 1 aromatic heterocycles. The average Bonchev–Trinajstić information content (AvgIpc) is 2.73. The molecule has 2 fully saturated rings. The molecule has 0 atom stereocenters. The molecule has 1 aliphatic carbocycles. The Morgan fingerprint density at radius 2 is 2.00 bits per heavy atom. The summed E-state index contributed by atoms with van der Waals surface area (Å²) in [5.41, 5.74) is 1.51. The summed E-state index contributed by atoms with van der Waals surface area (Å²) in [5, 5.41) is 7.97. The Bertz CT molecular complexity index is 436. The third kappa shape index (κ3) is 1.63. The Morgan fingerprint density at radius 1 is 1.24 bits per heavy atom. The molecule has 2 heterocycles. The number of hydrogen-bond donors (Lipinski definition) is 0. The van der Waals surface area contributed by atoms with Crippen molar-refractivity contribution < 1.29 is 4.79 Å². The smallest absolute Gasteiger partial charge is 0.274 e. The molecule has 1 aromatic rings. The third-order valence-corrected chi connectivity index (χ3v) is 4.14. The molecule has 4 heteroatoms. The predicted octanol–water partition coefficient (Wildman–Crippen LogP) is 1.94. The van der Waals surface area contributed by atoms with E-state index in [9.17, 15) is 4.79 Å². The molecule has 1 saturated carbocycles. The summed E-state index contributed by atoms with van der Waals surface area (Å²) < 4.78 is 0. The molecule has 0 bridgehead atoms. The molecular weight excluding hydrogens is 214 g/mol. The van der Waals surface area contributed by atoms with Crippen LogP contribution in [0.2, 0.25) is 0 Å². The van der Waals surface area contributed by atoms with Crippen LogP contribution in [-0.4, -0.2) is 33.1 Å². The Morgan fingerprint density at radius 3 is 2.59 bits per heavy atom. The third-order valence-electron chi connectivity index (χ3n) is 4.14. The summed E-state index contributed by atoms with van der Waals surface area (Å²) in [6.45, 7) is 2.76. The van der Waals surface area contributed by atoms with Crippen molar-refractivity contribution in [3.63, 3.8) is 0 Å². The molecule has 2 aliphatic rings. The Labute approximate surface area is 101 Å². The van der Waals surface area contributed by atoms with E-state index in [1.807, 2.05) is 17.9 Å². The summed E-state index contributed by atoms with van der Waals surface area (Å²) in [7, 11) is 0. The first-order valence-corrected chi connectivity index (χ1v) is 6.34. The lowest BCUT2D eigenvalue weighted by Crippen LogP contribution is -2.52. The van der Waals surface area contributed by atoms with Gasteiger partial charge in [-0.1, -0.05) is 0 Å². The molecule has 4 nitrogen and oxygen atoms in total. The number of amides is 1. The molecule has 90 valence electrons. The van der Waals surface area contributed by atoms with Crippen LogP contribution in [0.25, 0.3) is 0 Å². The lowest BCUT2D eigenvalue weighted by atomic mass is 9.75. The minimum atomic E-state index is 0.0645. The largest absolute Gasteiger partial charge is 0.332 e. The van der Waals surface area contributed by atoms with Gasteiger partial charge in [-0.05, 0) is 51.2 Å². The molecule has 3 rings (SSSR count). The maximum atomic E-state index is 12.4.